The van der Waals surface area contributed by atoms with Crippen LogP contribution in [0.5, 0.6) is 5.75 Å². The summed E-state index contributed by atoms with van der Waals surface area (Å²) in [7, 11) is 0. The van der Waals surface area contributed by atoms with E-state index >= 15 is 0 Å². The molecule has 1 aromatic heterocycles. The average Bonchev–Trinajstić information content (AvgIpc) is 3.37. The van der Waals surface area contributed by atoms with Crippen LogP contribution in [0.2, 0.25) is 0 Å². The molecule has 0 bridgehead atoms. The first kappa shape index (κ1) is 26.1. The minimum atomic E-state index is -0.872. The number of carbonyl (C=O) groups is 1. The fraction of sp³-hybridized carbons (Fsp3) is 0.593. The van der Waals surface area contributed by atoms with E-state index in [-0.39, 0.29) is 17.2 Å². The lowest BCUT2D eigenvalue weighted by Gasteiger charge is -2.23. The number of carboxylic acids is 1. The Balaban J connectivity index is 1.44. The number of halogens is 1. The number of hydrogen-bond acceptors (Lipinski definition) is 4. The third kappa shape index (κ3) is 8.01. The zero-order valence-electron chi connectivity index (χ0n) is 19.5. The molecular formula is C27H37ClO4S. The lowest BCUT2D eigenvalue weighted by molar-refractivity contribution is 0.0701. The van der Waals surface area contributed by atoms with Gasteiger partial charge >= 0.3 is 5.97 Å². The predicted molar refractivity (Wildman–Crippen MR) is 136 cm³/mol. The third-order valence-corrected chi connectivity index (χ3v) is 8.38. The summed E-state index contributed by atoms with van der Waals surface area (Å²) in [5, 5.41) is 19.6. The van der Waals surface area contributed by atoms with Crippen molar-refractivity contribution in [3.8, 4) is 5.75 Å². The average molecular weight is 493 g/mol. The van der Waals surface area contributed by atoms with E-state index in [1.54, 1.807) is 6.07 Å². The zero-order chi connectivity index (χ0) is 23.6. The molecule has 1 aromatic carbocycles. The Morgan fingerprint density at radius 1 is 1.03 bits per heavy atom. The number of rotatable bonds is 14. The van der Waals surface area contributed by atoms with Crippen molar-refractivity contribution < 1.29 is 19.7 Å². The summed E-state index contributed by atoms with van der Waals surface area (Å²) < 4.78 is 6.06. The van der Waals surface area contributed by atoms with Gasteiger partial charge in [-0.3, -0.25) is 0 Å². The molecule has 0 radical (unpaired) electrons. The van der Waals surface area contributed by atoms with Crippen LogP contribution in [0.15, 0.2) is 36.4 Å². The number of aryl methyl sites for hydroxylation is 2. The molecule has 33 heavy (non-hydrogen) atoms. The van der Waals surface area contributed by atoms with Crippen LogP contribution in [0.25, 0.3) is 0 Å². The highest BCUT2D eigenvalue weighted by molar-refractivity contribution is 7.13. The monoisotopic (exact) mass is 492 g/mol. The Hall–Kier alpha value is -1.56. The highest BCUT2D eigenvalue weighted by Gasteiger charge is 2.41. The molecule has 2 aromatic rings. The van der Waals surface area contributed by atoms with Crippen LogP contribution in [0.3, 0.4) is 0 Å². The summed E-state index contributed by atoms with van der Waals surface area (Å²) in [5.41, 5.74) is 1.35. The van der Waals surface area contributed by atoms with Crippen LogP contribution < -0.4 is 4.74 Å². The first-order valence-electron chi connectivity index (χ1n) is 12.3. The van der Waals surface area contributed by atoms with Gasteiger partial charge in [-0.05, 0) is 74.3 Å². The van der Waals surface area contributed by atoms with Crippen molar-refractivity contribution in [3.63, 3.8) is 0 Å². The van der Waals surface area contributed by atoms with Crippen molar-refractivity contribution in [2.24, 2.45) is 11.8 Å². The second-order valence-corrected chi connectivity index (χ2v) is 11.0. The number of aliphatic hydroxyl groups excluding tert-OH is 1. The molecule has 0 saturated heterocycles. The maximum absolute atomic E-state index is 11.1. The van der Waals surface area contributed by atoms with Crippen molar-refractivity contribution in [3.05, 3.63) is 51.7 Å². The number of aromatic carboxylic acids is 1. The lowest BCUT2D eigenvalue weighted by atomic mass is 9.90. The van der Waals surface area contributed by atoms with Crippen molar-refractivity contribution >= 4 is 28.9 Å². The summed E-state index contributed by atoms with van der Waals surface area (Å²) in [4.78, 5) is 12.5. The summed E-state index contributed by atoms with van der Waals surface area (Å²) in [6.45, 7) is 2.70. The van der Waals surface area contributed by atoms with Gasteiger partial charge in [0.15, 0.2) is 0 Å². The Morgan fingerprint density at radius 3 is 2.48 bits per heavy atom. The highest BCUT2D eigenvalue weighted by atomic mass is 35.5. The van der Waals surface area contributed by atoms with Gasteiger partial charge in [0.25, 0.3) is 0 Å². The first-order valence-corrected chi connectivity index (χ1v) is 13.6. The fourth-order valence-corrected chi connectivity index (χ4v) is 6.16. The van der Waals surface area contributed by atoms with Crippen molar-refractivity contribution in [2.45, 2.75) is 82.6 Å². The molecular weight excluding hydrogens is 456 g/mol. The fourth-order valence-electron chi connectivity index (χ4n) is 4.78. The molecule has 1 fully saturated rings. The topological polar surface area (TPSA) is 66.8 Å². The Kier molecular flexibility index (Phi) is 10.5. The van der Waals surface area contributed by atoms with E-state index in [9.17, 15) is 9.90 Å². The highest BCUT2D eigenvalue weighted by Crippen LogP contribution is 2.39. The van der Waals surface area contributed by atoms with E-state index in [1.807, 2.05) is 18.2 Å². The predicted octanol–water partition coefficient (Wildman–Crippen LogP) is 6.97. The number of benzene rings is 1. The summed E-state index contributed by atoms with van der Waals surface area (Å²) >= 11 is 7.92. The Labute approximate surface area is 206 Å². The van der Waals surface area contributed by atoms with Gasteiger partial charge in [-0.25, -0.2) is 4.79 Å². The number of alkyl halides is 1. The molecule has 1 saturated carbocycles. The molecule has 4 atom stereocenters. The second-order valence-electron chi connectivity index (χ2n) is 9.23. The van der Waals surface area contributed by atoms with Gasteiger partial charge in [0.1, 0.15) is 10.6 Å². The molecule has 182 valence electrons. The van der Waals surface area contributed by atoms with E-state index in [0.717, 1.165) is 36.3 Å². The molecule has 1 heterocycles. The van der Waals surface area contributed by atoms with E-state index in [2.05, 4.69) is 19.1 Å². The molecule has 0 amide bonds. The quantitative estimate of drug-likeness (QED) is 0.221. The van der Waals surface area contributed by atoms with Crippen LogP contribution in [0, 0.1) is 11.8 Å². The van der Waals surface area contributed by atoms with Crippen molar-refractivity contribution in [1.29, 1.82) is 0 Å². The molecule has 1 aliphatic rings. The molecule has 4 nitrogen and oxygen atoms in total. The summed E-state index contributed by atoms with van der Waals surface area (Å²) in [6.07, 6.45) is 10.4. The summed E-state index contributed by atoms with van der Waals surface area (Å²) in [5.74, 6) is 0.184. The molecule has 0 spiro atoms. The van der Waals surface area contributed by atoms with Crippen LogP contribution in [-0.2, 0) is 12.8 Å². The zero-order valence-corrected chi connectivity index (χ0v) is 21.1. The first-order chi connectivity index (χ1) is 16.0. The van der Waals surface area contributed by atoms with E-state index in [4.69, 9.17) is 21.4 Å². The SMILES string of the molecule is CCCCCCCc1ccc(OCC2C(O)CC(Cl)C2CCCc2ccc(C(=O)O)s2)cc1. The number of thiophene rings is 1. The largest absolute Gasteiger partial charge is 0.493 e. The number of carboxylic acid groups (broad SMARTS) is 1. The van der Waals surface area contributed by atoms with Crippen LogP contribution >= 0.6 is 22.9 Å². The number of ether oxygens (including phenoxy) is 1. The van der Waals surface area contributed by atoms with Gasteiger partial charge in [-0.15, -0.1) is 22.9 Å². The maximum atomic E-state index is 11.1. The van der Waals surface area contributed by atoms with Gasteiger partial charge in [0, 0.05) is 16.2 Å². The van der Waals surface area contributed by atoms with Crippen molar-refractivity contribution in [1.82, 2.24) is 0 Å². The Morgan fingerprint density at radius 2 is 1.79 bits per heavy atom. The van der Waals surface area contributed by atoms with Gasteiger partial charge in [-0.2, -0.15) is 0 Å². The normalized spacial score (nSPS) is 22.5. The molecule has 3 rings (SSSR count). The maximum Gasteiger partial charge on any atom is 0.345 e. The van der Waals surface area contributed by atoms with E-state index in [1.165, 1.54) is 49.0 Å². The van der Waals surface area contributed by atoms with Crippen molar-refractivity contribution in [2.75, 3.05) is 6.61 Å². The minimum absolute atomic E-state index is 0.0173. The Bertz CT molecular complexity index is 850. The molecule has 2 N–H and O–H groups in total. The smallest absolute Gasteiger partial charge is 0.345 e. The van der Waals surface area contributed by atoms with Crippen LogP contribution in [-0.4, -0.2) is 34.3 Å². The van der Waals surface area contributed by atoms with Gasteiger partial charge in [0.05, 0.1) is 12.7 Å². The van der Waals surface area contributed by atoms with Gasteiger partial charge < -0.3 is 14.9 Å². The third-order valence-electron chi connectivity index (χ3n) is 6.74. The molecule has 6 heteroatoms. The number of unbranched alkanes of at least 4 members (excludes halogenated alkanes) is 4. The van der Waals surface area contributed by atoms with Crippen LogP contribution in [0.1, 0.15) is 78.4 Å². The minimum Gasteiger partial charge on any atom is -0.493 e. The van der Waals surface area contributed by atoms with Crippen LogP contribution in [0.4, 0.5) is 0 Å². The molecule has 4 unspecified atom stereocenters. The number of hydrogen-bond donors (Lipinski definition) is 2. The van der Waals surface area contributed by atoms with Gasteiger partial charge in [0.2, 0.25) is 0 Å². The summed E-state index contributed by atoms with van der Waals surface area (Å²) in [6, 6.07) is 11.9. The molecule has 1 aliphatic carbocycles. The lowest BCUT2D eigenvalue weighted by Crippen LogP contribution is -2.27. The number of aliphatic hydroxyl groups is 1. The van der Waals surface area contributed by atoms with E-state index in [0.29, 0.717) is 17.9 Å². The second kappa shape index (κ2) is 13.4. The van der Waals surface area contributed by atoms with E-state index < -0.39 is 12.1 Å². The van der Waals surface area contributed by atoms with Gasteiger partial charge in [-0.1, -0.05) is 44.7 Å². The standard InChI is InChI=1S/C27H37ClO4S/c1-2-3-4-5-6-8-19-11-13-20(14-12-19)32-18-23-22(24(28)17-25(23)29)10-7-9-21-15-16-26(33-21)27(30)31/h11-16,22-25,29H,2-10,17-18H2,1H3,(H,30,31). The molecule has 0 aliphatic heterocycles.